The van der Waals surface area contributed by atoms with Gasteiger partial charge in [0, 0.05) is 23.7 Å². The molecular weight excluding hydrogens is 360 g/mol. The highest BCUT2D eigenvalue weighted by Crippen LogP contribution is 2.31. The average molecular weight is 385 g/mol. The van der Waals surface area contributed by atoms with Crippen molar-refractivity contribution in [3.05, 3.63) is 51.8 Å². The number of halogens is 1. The molecule has 6 heteroatoms. The number of benzene rings is 1. The van der Waals surface area contributed by atoms with Gasteiger partial charge < -0.3 is 0 Å². The summed E-state index contributed by atoms with van der Waals surface area (Å²) in [4.78, 5) is 12.8. The van der Waals surface area contributed by atoms with Crippen molar-refractivity contribution in [2.45, 2.75) is 44.9 Å². The molecule has 2 N–H and O–H groups in total. The lowest BCUT2D eigenvalue weighted by Crippen LogP contribution is -2.45. The van der Waals surface area contributed by atoms with Crippen LogP contribution in [0.15, 0.2) is 24.3 Å². The Balaban J connectivity index is 1.59. The number of aromatic nitrogens is 2. The summed E-state index contributed by atoms with van der Waals surface area (Å²) in [7, 11) is 0. The number of H-pyrrole nitrogens is 1. The maximum Gasteiger partial charge on any atom is 0.283 e. The van der Waals surface area contributed by atoms with Gasteiger partial charge in [0.05, 0.1) is 5.69 Å². The first-order valence-electron chi connectivity index (χ1n) is 9.80. The summed E-state index contributed by atoms with van der Waals surface area (Å²) in [5, 5.41) is 10.3. The molecule has 27 heavy (non-hydrogen) atoms. The average Bonchev–Trinajstić information content (AvgIpc) is 3.01. The van der Waals surface area contributed by atoms with E-state index in [9.17, 15) is 4.79 Å². The molecule has 1 fully saturated rings. The van der Waals surface area contributed by atoms with Gasteiger partial charge in [0.2, 0.25) is 0 Å². The van der Waals surface area contributed by atoms with Crippen LogP contribution in [0.3, 0.4) is 0 Å². The SMILES string of the molecule is O=C(NN1CCCCC1)c1[nH]nc2c1CCCC/C2=C\c1ccc(Cl)cc1. The van der Waals surface area contributed by atoms with E-state index < -0.39 is 0 Å². The predicted octanol–water partition coefficient (Wildman–Crippen LogP) is 4.46. The second-order valence-corrected chi connectivity index (χ2v) is 7.78. The number of rotatable bonds is 3. The first kappa shape index (κ1) is 18.3. The van der Waals surface area contributed by atoms with Crippen LogP contribution in [-0.2, 0) is 6.42 Å². The minimum Gasteiger partial charge on any atom is -0.283 e. The van der Waals surface area contributed by atoms with Gasteiger partial charge in [-0.1, -0.05) is 30.2 Å². The summed E-state index contributed by atoms with van der Waals surface area (Å²) in [5.41, 5.74) is 7.92. The Hall–Kier alpha value is -2.11. The fourth-order valence-corrected chi connectivity index (χ4v) is 4.03. The smallest absolute Gasteiger partial charge is 0.283 e. The van der Waals surface area contributed by atoms with E-state index in [1.165, 1.54) is 12.0 Å². The Bertz CT molecular complexity index is 834. The zero-order chi connectivity index (χ0) is 18.6. The molecule has 1 saturated heterocycles. The molecule has 2 aromatic rings. The number of hydrogen-bond acceptors (Lipinski definition) is 3. The van der Waals surface area contributed by atoms with Crippen molar-refractivity contribution in [2.75, 3.05) is 13.1 Å². The number of aromatic amines is 1. The molecule has 1 aliphatic heterocycles. The van der Waals surface area contributed by atoms with E-state index in [-0.39, 0.29) is 5.91 Å². The van der Waals surface area contributed by atoms with Gasteiger partial charge >= 0.3 is 0 Å². The summed E-state index contributed by atoms with van der Waals surface area (Å²) < 4.78 is 0. The molecule has 0 unspecified atom stereocenters. The lowest BCUT2D eigenvalue weighted by atomic mass is 10.0. The zero-order valence-corrected chi connectivity index (χ0v) is 16.2. The van der Waals surface area contributed by atoms with Crippen molar-refractivity contribution < 1.29 is 4.79 Å². The van der Waals surface area contributed by atoms with Gasteiger partial charge in [-0.05, 0) is 67.9 Å². The van der Waals surface area contributed by atoms with Crippen molar-refractivity contribution in [1.82, 2.24) is 20.6 Å². The van der Waals surface area contributed by atoms with Gasteiger partial charge in [0.1, 0.15) is 5.69 Å². The molecule has 1 aromatic heterocycles. The van der Waals surface area contributed by atoms with Crippen LogP contribution in [0.1, 0.15) is 65.8 Å². The Morgan fingerprint density at radius 1 is 1.07 bits per heavy atom. The van der Waals surface area contributed by atoms with Crippen molar-refractivity contribution in [3.8, 4) is 0 Å². The van der Waals surface area contributed by atoms with E-state index in [0.717, 1.165) is 73.5 Å². The second kappa shape index (κ2) is 8.28. The number of hydrazine groups is 1. The molecule has 2 heterocycles. The van der Waals surface area contributed by atoms with Crippen molar-refractivity contribution in [2.24, 2.45) is 0 Å². The maximum atomic E-state index is 12.8. The topological polar surface area (TPSA) is 61.0 Å². The highest BCUT2D eigenvalue weighted by atomic mass is 35.5. The van der Waals surface area contributed by atoms with E-state index in [0.29, 0.717) is 5.69 Å². The number of carbonyl (C=O) groups excluding carboxylic acids is 1. The second-order valence-electron chi connectivity index (χ2n) is 7.34. The normalized spacial score (nSPS) is 19.5. The Morgan fingerprint density at radius 2 is 1.81 bits per heavy atom. The van der Waals surface area contributed by atoms with Crippen LogP contribution in [0.5, 0.6) is 0 Å². The third-order valence-electron chi connectivity index (χ3n) is 5.35. The van der Waals surface area contributed by atoms with Crippen molar-refractivity contribution in [1.29, 1.82) is 0 Å². The van der Waals surface area contributed by atoms with E-state index in [2.05, 4.69) is 21.7 Å². The molecule has 1 aliphatic carbocycles. The molecule has 1 aromatic carbocycles. The van der Waals surface area contributed by atoms with Gasteiger partial charge in [-0.3, -0.25) is 15.3 Å². The van der Waals surface area contributed by atoms with E-state index in [4.69, 9.17) is 11.6 Å². The molecule has 0 spiro atoms. The maximum absolute atomic E-state index is 12.8. The summed E-state index contributed by atoms with van der Waals surface area (Å²) in [6.07, 6.45) is 9.68. The first-order valence-corrected chi connectivity index (χ1v) is 10.2. The molecule has 0 bridgehead atoms. The van der Waals surface area contributed by atoms with Gasteiger partial charge in [0.25, 0.3) is 5.91 Å². The van der Waals surface area contributed by atoms with Gasteiger partial charge in [-0.2, -0.15) is 5.10 Å². The molecule has 1 amide bonds. The summed E-state index contributed by atoms with van der Waals surface area (Å²) in [6.45, 7) is 1.84. The fourth-order valence-electron chi connectivity index (χ4n) is 3.90. The monoisotopic (exact) mass is 384 g/mol. The minimum atomic E-state index is -0.0709. The number of allylic oxidation sites excluding steroid dienone is 1. The number of fused-ring (bicyclic) bond motifs is 1. The highest BCUT2D eigenvalue weighted by Gasteiger charge is 2.24. The van der Waals surface area contributed by atoms with Gasteiger partial charge in [0.15, 0.2) is 0 Å². The molecule has 0 saturated carbocycles. The number of piperidine rings is 1. The van der Waals surface area contributed by atoms with Crippen LogP contribution in [0.4, 0.5) is 0 Å². The summed E-state index contributed by atoms with van der Waals surface area (Å²) in [5.74, 6) is -0.0709. The third kappa shape index (κ3) is 4.25. The van der Waals surface area contributed by atoms with Crippen LogP contribution in [0, 0.1) is 0 Å². The van der Waals surface area contributed by atoms with E-state index in [1.807, 2.05) is 29.3 Å². The molecule has 4 rings (SSSR count). The molecular formula is C21H25ClN4O. The van der Waals surface area contributed by atoms with Crippen LogP contribution in [0.2, 0.25) is 5.02 Å². The largest absolute Gasteiger partial charge is 0.283 e. The molecule has 142 valence electrons. The minimum absolute atomic E-state index is 0.0709. The van der Waals surface area contributed by atoms with Crippen LogP contribution >= 0.6 is 11.6 Å². The lowest BCUT2D eigenvalue weighted by molar-refractivity contribution is 0.0743. The van der Waals surface area contributed by atoms with Crippen LogP contribution in [0.25, 0.3) is 11.6 Å². The third-order valence-corrected chi connectivity index (χ3v) is 5.60. The number of nitrogens with one attached hydrogen (secondary N) is 2. The molecule has 5 nitrogen and oxygen atoms in total. The van der Waals surface area contributed by atoms with E-state index in [1.54, 1.807) is 0 Å². The van der Waals surface area contributed by atoms with Gasteiger partial charge in [-0.15, -0.1) is 0 Å². The van der Waals surface area contributed by atoms with Crippen LogP contribution in [-0.4, -0.2) is 34.2 Å². The molecule has 0 radical (unpaired) electrons. The first-order chi connectivity index (χ1) is 13.2. The Morgan fingerprint density at radius 3 is 2.59 bits per heavy atom. The van der Waals surface area contributed by atoms with Gasteiger partial charge in [-0.25, -0.2) is 5.01 Å². The number of carbonyl (C=O) groups is 1. The lowest BCUT2D eigenvalue weighted by Gasteiger charge is -2.26. The highest BCUT2D eigenvalue weighted by molar-refractivity contribution is 6.30. The number of hydrogen-bond donors (Lipinski definition) is 2. The van der Waals surface area contributed by atoms with Crippen molar-refractivity contribution in [3.63, 3.8) is 0 Å². The zero-order valence-electron chi connectivity index (χ0n) is 15.4. The Kier molecular flexibility index (Phi) is 5.60. The number of amides is 1. The number of nitrogens with zero attached hydrogens (tertiary/aromatic N) is 2. The quantitative estimate of drug-likeness (QED) is 0.768. The molecule has 2 aliphatic rings. The predicted molar refractivity (Wildman–Crippen MR) is 108 cm³/mol. The Labute approximate surface area is 164 Å². The summed E-state index contributed by atoms with van der Waals surface area (Å²) in [6, 6.07) is 7.81. The summed E-state index contributed by atoms with van der Waals surface area (Å²) >= 11 is 5.99. The fraction of sp³-hybridized carbons (Fsp3) is 0.429. The van der Waals surface area contributed by atoms with Crippen LogP contribution < -0.4 is 5.43 Å². The van der Waals surface area contributed by atoms with E-state index >= 15 is 0 Å². The van der Waals surface area contributed by atoms with Crippen molar-refractivity contribution >= 4 is 29.2 Å². The standard InChI is InChI=1S/C21H25ClN4O/c22-17-10-8-15(9-11-17)14-16-6-2-3-7-18-19(16)23-24-20(18)21(27)25-26-12-4-1-5-13-26/h8-11,14H,1-7,12-13H2,(H,23,24)(H,25,27)/b16-14+. The molecule has 0 atom stereocenters.